The van der Waals surface area contributed by atoms with Gasteiger partial charge in [-0.1, -0.05) is 19.1 Å². The van der Waals surface area contributed by atoms with Gasteiger partial charge >= 0.3 is 6.36 Å². The van der Waals surface area contributed by atoms with E-state index >= 15 is 0 Å². The quantitative estimate of drug-likeness (QED) is 0.802. The largest absolute Gasteiger partial charge is 0.522 e. The lowest BCUT2D eigenvalue weighted by atomic mass is 10.1. The SMILES string of the molecule is CC[C@H](O)c1ccc(OCCOC(F)(F)F)cc1. The van der Waals surface area contributed by atoms with Crippen molar-refractivity contribution in [2.24, 2.45) is 0 Å². The van der Waals surface area contributed by atoms with Gasteiger partial charge in [0.15, 0.2) is 0 Å². The predicted molar refractivity (Wildman–Crippen MR) is 59.2 cm³/mol. The summed E-state index contributed by atoms with van der Waals surface area (Å²) in [5.74, 6) is 0.438. The number of rotatable bonds is 6. The van der Waals surface area contributed by atoms with E-state index in [4.69, 9.17) is 4.74 Å². The molecule has 1 rings (SSSR count). The molecule has 0 aliphatic heterocycles. The van der Waals surface area contributed by atoms with Crippen LogP contribution in [0.2, 0.25) is 0 Å². The zero-order valence-electron chi connectivity index (χ0n) is 9.91. The fraction of sp³-hybridized carbons (Fsp3) is 0.500. The third kappa shape index (κ3) is 5.37. The summed E-state index contributed by atoms with van der Waals surface area (Å²) in [6.45, 7) is 1.11. The average molecular weight is 264 g/mol. The molecular formula is C12H15F3O3. The Balaban J connectivity index is 2.35. The second-order valence-electron chi connectivity index (χ2n) is 3.64. The molecule has 6 heteroatoms. The fourth-order valence-corrected chi connectivity index (χ4v) is 1.34. The number of hydrogen-bond donors (Lipinski definition) is 1. The summed E-state index contributed by atoms with van der Waals surface area (Å²) in [5, 5.41) is 9.54. The summed E-state index contributed by atoms with van der Waals surface area (Å²) in [7, 11) is 0. The van der Waals surface area contributed by atoms with E-state index in [0.29, 0.717) is 12.2 Å². The second-order valence-corrected chi connectivity index (χ2v) is 3.64. The number of ether oxygens (including phenoxy) is 2. The molecule has 0 saturated carbocycles. The Hall–Kier alpha value is -1.27. The molecular weight excluding hydrogens is 249 g/mol. The molecule has 3 nitrogen and oxygen atoms in total. The summed E-state index contributed by atoms with van der Waals surface area (Å²) in [5.41, 5.74) is 0.747. The molecule has 0 unspecified atom stereocenters. The highest BCUT2D eigenvalue weighted by molar-refractivity contribution is 5.28. The molecule has 1 aromatic rings. The average Bonchev–Trinajstić information content (AvgIpc) is 2.33. The molecule has 0 bridgehead atoms. The first-order valence-electron chi connectivity index (χ1n) is 5.54. The van der Waals surface area contributed by atoms with Crippen molar-refractivity contribution < 1.29 is 27.8 Å². The molecule has 0 aromatic heterocycles. The van der Waals surface area contributed by atoms with Crippen molar-refractivity contribution in [3.05, 3.63) is 29.8 Å². The molecule has 1 atom stereocenters. The smallest absolute Gasteiger partial charge is 0.491 e. The Kier molecular flexibility index (Phi) is 5.43. The van der Waals surface area contributed by atoms with Crippen molar-refractivity contribution in [1.82, 2.24) is 0 Å². The number of halogens is 3. The van der Waals surface area contributed by atoms with Crippen LogP contribution in [0.15, 0.2) is 24.3 Å². The molecule has 0 heterocycles. The summed E-state index contributed by atoms with van der Waals surface area (Å²) in [4.78, 5) is 0. The van der Waals surface area contributed by atoms with Crippen molar-refractivity contribution in [3.63, 3.8) is 0 Å². The van der Waals surface area contributed by atoms with Crippen molar-refractivity contribution in [2.45, 2.75) is 25.8 Å². The lowest BCUT2D eigenvalue weighted by Gasteiger charge is -2.11. The van der Waals surface area contributed by atoms with E-state index in [-0.39, 0.29) is 6.61 Å². The Morgan fingerprint density at radius 3 is 2.28 bits per heavy atom. The Morgan fingerprint density at radius 2 is 1.78 bits per heavy atom. The van der Waals surface area contributed by atoms with Crippen molar-refractivity contribution >= 4 is 0 Å². The minimum atomic E-state index is -4.63. The zero-order chi connectivity index (χ0) is 13.6. The number of hydrogen-bond acceptors (Lipinski definition) is 3. The van der Waals surface area contributed by atoms with Crippen LogP contribution in [0.1, 0.15) is 25.0 Å². The molecule has 18 heavy (non-hydrogen) atoms. The van der Waals surface area contributed by atoms with Crippen LogP contribution in [-0.2, 0) is 4.74 Å². The summed E-state index contributed by atoms with van der Waals surface area (Å²) >= 11 is 0. The van der Waals surface area contributed by atoms with Crippen LogP contribution in [0, 0.1) is 0 Å². The van der Waals surface area contributed by atoms with E-state index in [1.165, 1.54) is 0 Å². The van der Waals surface area contributed by atoms with Crippen molar-refractivity contribution in [3.8, 4) is 5.75 Å². The zero-order valence-corrected chi connectivity index (χ0v) is 9.91. The maximum Gasteiger partial charge on any atom is 0.522 e. The summed E-state index contributed by atoms with van der Waals surface area (Å²) < 4.78 is 43.6. The van der Waals surface area contributed by atoms with Gasteiger partial charge in [0.2, 0.25) is 0 Å². The normalized spacial score (nSPS) is 13.4. The first-order chi connectivity index (χ1) is 8.42. The van der Waals surface area contributed by atoms with Gasteiger partial charge in [-0.2, -0.15) is 0 Å². The standard InChI is InChI=1S/C12H15F3O3/c1-2-11(16)9-3-5-10(6-4-9)17-7-8-18-12(13,14)15/h3-6,11,16H,2,7-8H2,1H3/t11-/m0/s1. The number of benzene rings is 1. The van der Waals surface area contributed by atoms with E-state index in [1.54, 1.807) is 24.3 Å². The minimum absolute atomic E-state index is 0.185. The maximum absolute atomic E-state index is 11.7. The van der Waals surface area contributed by atoms with E-state index in [0.717, 1.165) is 5.56 Å². The molecule has 0 fully saturated rings. The molecule has 0 radical (unpaired) electrons. The Morgan fingerprint density at radius 1 is 1.17 bits per heavy atom. The third-order valence-electron chi connectivity index (χ3n) is 2.27. The van der Waals surface area contributed by atoms with Crippen LogP contribution in [0.25, 0.3) is 0 Å². The van der Waals surface area contributed by atoms with Gasteiger partial charge in [-0.15, -0.1) is 13.2 Å². The van der Waals surface area contributed by atoms with Crippen LogP contribution >= 0.6 is 0 Å². The third-order valence-corrected chi connectivity index (χ3v) is 2.27. The van der Waals surface area contributed by atoms with Crippen LogP contribution < -0.4 is 4.74 Å². The van der Waals surface area contributed by atoms with Crippen molar-refractivity contribution in [1.29, 1.82) is 0 Å². The minimum Gasteiger partial charge on any atom is -0.491 e. The number of aliphatic hydroxyl groups excluding tert-OH is 1. The first-order valence-corrected chi connectivity index (χ1v) is 5.54. The van der Waals surface area contributed by atoms with Gasteiger partial charge in [-0.25, -0.2) is 0 Å². The van der Waals surface area contributed by atoms with Gasteiger partial charge in [-0.05, 0) is 24.1 Å². The Labute approximate surface area is 103 Å². The van der Waals surface area contributed by atoms with Gasteiger partial charge in [0.1, 0.15) is 12.4 Å². The molecule has 0 aliphatic rings. The Bertz CT molecular complexity index is 349. The van der Waals surface area contributed by atoms with Gasteiger partial charge in [-0.3, -0.25) is 4.74 Å². The molecule has 0 amide bonds. The molecule has 102 valence electrons. The molecule has 0 aliphatic carbocycles. The highest BCUT2D eigenvalue weighted by Crippen LogP contribution is 2.20. The highest BCUT2D eigenvalue weighted by Gasteiger charge is 2.28. The molecule has 0 saturated heterocycles. The number of aliphatic hydroxyl groups is 1. The molecule has 0 spiro atoms. The summed E-state index contributed by atoms with van der Waals surface area (Å²) in [6.07, 6.45) is -4.56. The fourth-order valence-electron chi connectivity index (χ4n) is 1.34. The topological polar surface area (TPSA) is 38.7 Å². The van der Waals surface area contributed by atoms with E-state index in [9.17, 15) is 18.3 Å². The van der Waals surface area contributed by atoms with Crippen LogP contribution in [0.4, 0.5) is 13.2 Å². The van der Waals surface area contributed by atoms with Gasteiger partial charge in [0, 0.05) is 0 Å². The van der Waals surface area contributed by atoms with Crippen molar-refractivity contribution in [2.75, 3.05) is 13.2 Å². The van der Waals surface area contributed by atoms with E-state index < -0.39 is 19.1 Å². The van der Waals surface area contributed by atoms with Gasteiger partial charge in [0.25, 0.3) is 0 Å². The van der Waals surface area contributed by atoms with E-state index in [1.807, 2.05) is 6.92 Å². The lowest BCUT2D eigenvalue weighted by Crippen LogP contribution is -2.18. The molecule has 1 N–H and O–H groups in total. The molecule has 1 aromatic carbocycles. The monoisotopic (exact) mass is 264 g/mol. The first kappa shape index (κ1) is 14.8. The van der Waals surface area contributed by atoms with Crippen LogP contribution in [-0.4, -0.2) is 24.7 Å². The number of alkyl halides is 3. The van der Waals surface area contributed by atoms with Crippen LogP contribution in [0.3, 0.4) is 0 Å². The lowest BCUT2D eigenvalue weighted by molar-refractivity contribution is -0.325. The maximum atomic E-state index is 11.7. The van der Waals surface area contributed by atoms with Crippen LogP contribution in [0.5, 0.6) is 5.75 Å². The predicted octanol–water partition coefficient (Wildman–Crippen LogP) is 3.05. The van der Waals surface area contributed by atoms with Gasteiger partial charge in [0.05, 0.1) is 12.7 Å². The van der Waals surface area contributed by atoms with E-state index in [2.05, 4.69) is 4.74 Å². The summed E-state index contributed by atoms with van der Waals surface area (Å²) in [6, 6.07) is 6.55. The highest BCUT2D eigenvalue weighted by atomic mass is 19.4. The second kappa shape index (κ2) is 6.61. The van der Waals surface area contributed by atoms with Gasteiger partial charge < -0.3 is 9.84 Å².